The minimum absolute atomic E-state index is 0.0671. The third-order valence-corrected chi connectivity index (χ3v) is 3.26. The fourth-order valence-corrected chi connectivity index (χ4v) is 1.90. The summed E-state index contributed by atoms with van der Waals surface area (Å²) < 4.78 is 5.29. The van der Waals surface area contributed by atoms with E-state index in [0.29, 0.717) is 0 Å². The first-order valence-corrected chi connectivity index (χ1v) is 6.93. The zero-order chi connectivity index (χ0) is 15.1. The number of phenols is 2. The van der Waals surface area contributed by atoms with Crippen LogP contribution in [0, 0.1) is 0 Å². The van der Waals surface area contributed by atoms with Crippen molar-refractivity contribution >= 4 is 5.97 Å². The summed E-state index contributed by atoms with van der Waals surface area (Å²) in [7, 11) is 0. The highest BCUT2D eigenvalue weighted by molar-refractivity contribution is 5.92. The highest BCUT2D eigenvalue weighted by Gasteiger charge is 2.16. The van der Waals surface area contributed by atoms with E-state index in [0.717, 1.165) is 32.1 Å². The van der Waals surface area contributed by atoms with Gasteiger partial charge in [-0.1, -0.05) is 13.8 Å². The summed E-state index contributed by atoms with van der Waals surface area (Å²) in [4.78, 5) is 14.1. The second kappa shape index (κ2) is 7.75. The molecule has 0 saturated heterocycles. The van der Waals surface area contributed by atoms with E-state index in [1.807, 2.05) is 6.92 Å². The number of aromatic hydroxyl groups is 2. The minimum atomic E-state index is -0.574. The van der Waals surface area contributed by atoms with Gasteiger partial charge in [-0.3, -0.25) is 0 Å². The summed E-state index contributed by atoms with van der Waals surface area (Å²) in [6, 6.07) is 3.82. The van der Waals surface area contributed by atoms with Crippen LogP contribution in [0.4, 0.5) is 0 Å². The Morgan fingerprint density at radius 1 is 1.30 bits per heavy atom. The van der Waals surface area contributed by atoms with E-state index in [-0.39, 0.29) is 23.2 Å². The Bertz CT molecular complexity index is 443. The molecule has 1 aromatic carbocycles. The summed E-state index contributed by atoms with van der Waals surface area (Å²) in [6.45, 7) is 8.82. The molecule has 0 aliphatic carbocycles. The Balaban J connectivity index is 2.53. The van der Waals surface area contributed by atoms with Gasteiger partial charge in [-0.25, -0.2) is 4.79 Å². The summed E-state index contributed by atoms with van der Waals surface area (Å²) in [5, 5.41) is 18.8. The van der Waals surface area contributed by atoms with Crippen molar-refractivity contribution in [2.75, 3.05) is 19.6 Å². The van der Waals surface area contributed by atoms with E-state index in [4.69, 9.17) is 4.74 Å². The lowest BCUT2D eigenvalue weighted by Gasteiger charge is -2.20. The molecule has 20 heavy (non-hydrogen) atoms. The van der Waals surface area contributed by atoms with Gasteiger partial charge in [-0.15, -0.1) is 0 Å². The van der Waals surface area contributed by atoms with Gasteiger partial charge in [0, 0.05) is 12.6 Å². The van der Waals surface area contributed by atoms with Gasteiger partial charge in [-0.05, 0) is 38.6 Å². The Morgan fingerprint density at radius 3 is 2.50 bits per heavy atom. The molecule has 0 aromatic heterocycles. The largest absolute Gasteiger partial charge is 0.508 e. The van der Waals surface area contributed by atoms with Crippen molar-refractivity contribution in [3.05, 3.63) is 23.8 Å². The van der Waals surface area contributed by atoms with E-state index < -0.39 is 5.97 Å². The van der Waals surface area contributed by atoms with Crippen molar-refractivity contribution in [1.29, 1.82) is 0 Å². The lowest BCUT2D eigenvalue weighted by Crippen LogP contribution is -2.27. The zero-order valence-electron chi connectivity index (χ0n) is 12.3. The number of ether oxygens (including phenoxy) is 1. The molecule has 0 aliphatic heterocycles. The van der Waals surface area contributed by atoms with Gasteiger partial charge in [0.2, 0.25) is 0 Å². The van der Waals surface area contributed by atoms with Gasteiger partial charge in [-0.2, -0.15) is 0 Å². The van der Waals surface area contributed by atoms with Crippen LogP contribution in [0.2, 0.25) is 0 Å². The molecule has 1 atom stereocenters. The number of carbonyl (C=O) groups excluding carboxylic acids is 1. The molecule has 0 bridgehead atoms. The van der Waals surface area contributed by atoms with Gasteiger partial charge in [0.25, 0.3) is 0 Å². The van der Waals surface area contributed by atoms with Gasteiger partial charge in [0.05, 0.1) is 0 Å². The second-order valence-electron chi connectivity index (χ2n) is 4.73. The van der Waals surface area contributed by atoms with Crippen molar-refractivity contribution in [2.24, 2.45) is 0 Å². The molecule has 5 heteroatoms. The number of benzene rings is 1. The second-order valence-corrected chi connectivity index (χ2v) is 4.73. The standard InChI is InChI=1S/C15H23NO4/c1-4-16(5-2)9-8-11(3)20-15(19)13-7-6-12(17)10-14(13)18/h6-7,10-11,17-18H,4-5,8-9H2,1-3H3/t11-/m0/s1. The van der Waals surface area contributed by atoms with Gasteiger partial charge >= 0.3 is 5.97 Å². The summed E-state index contributed by atoms with van der Waals surface area (Å²) >= 11 is 0. The van der Waals surface area contributed by atoms with Crippen LogP contribution in [0.15, 0.2) is 18.2 Å². The molecule has 0 heterocycles. The molecule has 0 unspecified atom stereocenters. The Hall–Kier alpha value is -1.75. The van der Waals surface area contributed by atoms with Crippen LogP contribution >= 0.6 is 0 Å². The molecule has 1 rings (SSSR count). The molecule has 0 saturated carbocycles. The Kier molecular flexibility index (Phi) is 6.31. The fraction of sp³-hybridized carbons (Fsp3) is 0.533. The number of nitrogens with zero attached hydrogens (tertiary/aromatic N) is 1. The SMILES string of the molecule is CCN(CC)CC[C@H](C)OC(=O)c1ccc(O)cc1O. The third kappa shape index (κ3) is 4.74. The highest BCUT2D eigenvalue weighted by atomic mass is 16.5. The van der Waals surface area contributed by atoms with Crippen molar-refractivity contribution in [3.63, 3.8) is 0 Å². The molecule has 112 valence electrons. The molecule has 0 aliphatic rings. The van der Waals surface area contributed by atoms with Crippen molar-refractivity contribution in [2.45, 2.75) is 33.3 Å². The molecule has 1 aromatic rings. The van der Waals surface area contributed by atoms with Gasteiger partial charge in [0.1, 0.15) is 23.2 Å². The normalized spacial score (nSPS) is 12.4. The number of hydrogen-bond donors (Lipinski definition) is 2. The predicted molar refractivity (Wildman–Crippen MR) is 77.1 cm³/mol. The van der Waals surface area contributed by atoms with Crippen LogP contribution in [0.3, 0.4) is 0 Å². The van der Waals surface area contributed by atoms with E-state index in [1.54, 1.807) is 0 Å². The highest BCUT2D eigenvalue weighted by Crippen LogP contribution is 2.23. The van der Waals surface area contributed by atoms with Crippen molar-refractivity contribution in [3.8, 4) is 11.5 Å². The molecule has 2 N–H and O–H groups in total. The first-order chi connectivity index (χ1) is 9.47. The van der Waals surface area contributed by atoms with Crippen molar-refractivity contribution < 1.29 is 19.7 Å². The first kappa shape index (κ1) is 16.3. The maximum Gasteiger partial charge on any atom is 0.342 e. The molecule has 0 spiro atoms. The van der Waals surface area contributed by atoms with E-state index in [2.05, 4.69) is 18.7 Å². The molecule has 0 fully saturated rings. The number of esters is 1. The Morgan fingerprint density at radius 2 is 1.95 bits per heavy atom. The quantitative estimate of drug-likeness (QED) is 0.751. The molecule has 0 amide bonds. The van der Waals surface area contributed by atoms with Crippen LogP contribution in [-0.2, 0) is 4.74 Å². The monoisotopic (exact) mass is 281 g/mol. The van der Waals surface area contributed by atoms with Crippen LogP contribution in [0.1, 0.15) is 37.6 Å². The van der Waals surface area contributed by atoms with Crippen LogP contribution in [0.5, 0.6) is 11.5 Å². The minimum Gasteiger partial charge on any atom is -0.508 e. The first-order valence-electron chi connectivity index (χ1n) is 6.93. The van der Waals surface area contributed by atoms with Crippen molar-refractivity contribution in [1.82, 2.24) is 4.90 Å². The average Bonchev–Trinajstić information content (AvgIpc) is 2.39. The van der Waals surface area contributed by atoms with Crippen LogP contribution in [-0.4, -0.2) is 46.8 Å². The molecular weight excluding hydrogens is 258 g/mol. The predicted octanol–water partition coefficient (Wildman–Crippen LogP) is 2.38. The van der Waals surface area contributed by atoms with Gasteiger partial charge < -0.3 is 19.8 Å². The summed E-state index contributed by atoms with van der Waals surface area (Å²) in [5.74, 6) is -0.936. The van der Waals surface area contributed by atoms with E-state index >= 15 is 0 Å². The number of carbonyl (C=O) groups is 1. The summed E-state index contributed by atoms with van der Waals surface area (Å²) in [5.41, 5.74) is 0.0671. The summed E-state index contributed by atoms with van der Waals surface area (Å²) in [6.07, 6.45) is 0.517. The fourth-order valence-electron chi connectivity index (χ4n) is 1.90. The van der Waals surface area contributed by atoms with Gasteiger partial charge in [0.15, 0.2) is 0 Å². The van der Waals surface area contributed by atoms with E-state index in [9.17, 15) is 15.0 Å². The molecule has 5 nitrogen and oxygen atoms in total. The number of phenolic OH excluding ortho intramolecular Hbond substituents is 2. The molecule has 0 radical (unpaired) electrons. The number of hydrogen-bond acceptors (Lipinski definition) is 5. The topological polar surface area (TPSA) is 70.0 Å². The van der Waals surface area contributed by atoms with Crippen LogP contribution in [0.25, 0.3) is 0 Å². The third-order valence-electron chi connectivity index (χ3n) is 3.26. The maximum absolute atomic E-state index is 11.9. The lowest BCUT2D eigenvalue weighted by molar-refractivity contribution is 0.0301. The van der Waals surface area contributed by atoms with Crippen LogP contribution < -0.4 is 0 Å². The maximum atomic E-state index is 11.9. The smallest absolute Gasteiger partial charge is 0.342 e. The molecular formula is C15H23NO4. The van der Waals surface area contributed by atoms with E-state index in [1.165, 1.54) is 12.1 Å². The number of rotatable bonds is 7. The zero-order valence-corrected chi connectivity index (χ0v) is 12.3. The Labute approximate surface area is 119 Å². The average molecular weight is 281 g/mol. The lowest BCUT2D eigenvalue weighted by atomic mass is 10.2.